The molecule has 0 bridgehead atoms. The van der Waals surface area contributed by atoms with E-state index in [2.05, 4.69) is 15.3 Å². The average Bonchev–Trinajstić information content (AvgIpc) is 2.23. The summed E-state index contributed by atoms with van der Waals surface area (Å²) in [5, 5.41) is 12.5. The van der Waals surface area contributed by atoms with Crippen LogP contribution in [-0.4, -0.2) is 39.4 Å². The van der Waals surface area contributed by atoms with Gasteiger partial charge in [-0.25, -0.2) is 4.79 Å². The predicted molar refractivity (Wildman–Crippen MR) is 70.0 cm³/mol. The van der Waals surface area contributed by atoms with Crippen molar-refractivity contribution >= 4 is 17.7 Å². The number of amides is 1. The topological polar surface area (TPSA) is 95.1 Å². The normalized spacial score (nSPS) is 11.4. The van der Waals surface area contributed by atoms with Gasteiger partial charge in [-0.15, -0.1) is 11.8 Å². The highest BCUT2D eigenvalue weighted by atomic mass is 32.2. The van der Waals surface area contributed by atoms with E-state index in [1.54, 1.807) is 27.0 Å². The molecule has 1 aromatic rings. The second kappa shape index (κ2) is 5.53. The van der Waals surface area contributed by atoms with E-state index < -0.39 is 11.3 Å². The van der Waals surface area contributed by atoms with Gasteiger partial charge in [-0.3, -0.25) is 4.79 Å². The van der Waals surface area contributed by atoms with Crippen molar-refractivity contribution in [2.45, 2.75) is 31.4 Å². The summed E-state index contributed by atoms with van der Waals surface area (Å²) in [6, 6.07) is 0. The molecule has 0 spiro atoms. The van der Waals surface area contributed by atoms with Crippen LogP contribution in [0.1, 0.15) is 29.9 Å². The van der Waals surface area contributed by atoms with Crippen molar-refractivity contribution in [2.75, 3.05) is 12.8 Å². The SMILES string of the molecule is CSc1nc(=O)[nH]c(C)c1C(=O)NCC(C)(C)O. The number of aromatic amines is 1. The van der Waals surface area contributed by atoms with Crippen molar-refractivity contribution in [3.8, 4) is 0 Å². The molecule has 0 aromatic carbocycles. The van der Waals surface area contributed by atoms with Gasteiger partial charge in [-0.2, -0.15) is 4.98 Å². The van der Waals surface area contributed by atoms with Crippen LogP contribution in [-0.2, 0) is 0 Å². The molecule has 0 atom stereocenters. The number of rotatable bonds is 4. The molecule has 0 fully saturated rings. The van der Waals surface area contributed by atoms with Crippen molar-refractivity contribution in [1.82, 2.24) is 15.3 Å². The van der Waals surface area contributed by atoms with Gasteiger partial charge in [0.2, 0.25) is 0 Å². The third kappa shape index (κ3) is 3.85. The lowest BCUT2D eigenvalue weighted by Gasteiger charge is -2.18. The van der Waals surface area contributed by atoms with Gasteiger partial charge in [0.15, 0.2) is 0 Å². The number of carbonyl (C=O) groups is 1. The van der Waals surface area contributed by atoms with Crippen molar-refractivity contribution in [2.24, 2.45) is 0 Å². The van der Waals surface area contributed by atoms with Crippen LogP contribution >= 0.6 is 11.8 Å². The molecule has 1 aromatic heterocycles. The van der Waals surface area contributed by atoms with Crippen LogP contribution in [0.25, 0.3) is 0 Å². The molecule has 1 amide bonds. The van der Waals surface area contributed by atoms with Crippen molar-refractivity contribution in [3.63, 3.8) is 0 Å². The molecule has 0 saturated heterocycles. The highest BCUT2D eigenvalue weighted by Crippen LogP contribution is 2.17. The zero-order valence-corrected chi connectivity index (χ0v) is 11.6. The Hall–Kier alpha value is -1.34. The van der Waals surface area contributed by atoms with E-state index in [0.717, 1.165) is 0 Å². The summed E-state index contributed by atoms with van der Waals surface area (Å²) in [6.45, 7) is 4.96. The van der Waals surface area contributed by atoms with E-state index in [1.807, 2.05) is 0 Å². The second-order valence-electron chi connectivity index (χ2n) is 4.55. The van der Waals surface area contributed by atoms with Crippen molar-refractivity contribution in [1.29, 1.82) is 0 Å². The summed E-state index contributed by atoms with van der Waals surface area (Å²) in [6.07, 6.45) is 1.74. The van der Waals surface area contributed by atoms with Gasteiger partial charge in [0.05, 0.1) is 11.2 Å². The number of H-pyrrole nitrogens is 1. The van der Waals surface area contributed by atoms with Crippen LogP contribution in [0.3, 0.4) is 0 Å². The van der Waals surface area contributed by atoms with Crippen molar-refractivity contribution in [3.05, 3.63) is 21.7 Å². The Morgan fingerprint density at radius 2 is 2.17 bits per heavy atom. The highest BCUT2D eigenvalue weighted by molar-refractivity contribution is 7.98. The first-order valence-corrected chi connectivity index (χ1v) is 6.62. The minimum atomic E-state index is -0.987. The van der Waals surface area contributed by atoms with Gasteiger partial charge >= 0.3 is 5.69 Å². The van der Waals surface area contributed by atoms with Crippen LogP contribution in [0, 0.1) is 6.92 Å². The number of aliphatic hydroxyl groups is 1. The maximum Gasteiger partial charge on any atom is 0.346 e. The van der Waals surface area contributed by atoms with Gasteiger partial charge in [0.25, 0.3) is 5.91 Å². The van der Waals surface area contributed by atoms with Gasteiger partial charge in [0.1, 0.15) is 5.03 Å². The Kier molecular flexibility index (Phi) is 4.53. The fourth-order valence-corrected chi connectivity index (χ4v) is 1.98. The lowest BCUT2D eigenvalue weighted by Crippen LogP contribution is -2.39. The molecule has 0 aliphatic rings. The number of nitrogens with zero attached hydrogens (tertiary/aromatic N) is 1. The molecule has 0 saturated carbocycles. The fourth-order valence-electron chi connectivity index (χ4n) is 1.36. The van der Waals surface area contributed by atoms with Gasteiger partial charge in [0, 0.05) is 12.2 Å². The number of aryl methyl sites for hydroxylation is 1. The van der Waals surface area contributed by atoms with E-state index in [0.29, 0.717) is 16.3 Å². The standard InChI is InChI=1S/C11H17N3O3S/c1-6-7(8(15)12-5-11(2,3)17)9(18-4)14-10(16)13-6/h17H,5H2,1-4H3,(H,12,15)(H,13,14,16). The molecular formula is C11H17N3O3S. The molecule has 0 aliphatic heterocycles. The van der Waals surface area contributed by atoms with Gasteiger partial charge < -0.3 is 15.4 Å². The van der Waals surface area contributed by atoms with Gasteiger partial charge in [-0.1, -0.05) is 0 Å². The van der Waals surface area contributed by atoms with E-state index in [4.69, 9.17) is 0 Å². The molecular weight excluding hydrogens is 254 g/mol. The number of carbonyl (C=O) groups excluding carboxylic acids is 1. The largest absolute Gasteiger partial charge is 0.389 e. The molecule has 0 radical (unpaired) electrons. The summed E-state index contributed by atoms with van der Waals surface area (Å²) >= 11 is 1.23. The molecule has 6 nitrogen and oxygen atoms in total. The third-order valence-corrected chi connectivity index (χ3v) is 2.87. The minimum absolute atomic E-state index is 0.123. The second-order valence-corrected chi connectivity index (χ2v) is 5.34. The van der Waals surface area contributed by atoms with Gasteiger partial charge in [-0.05, 0) is 27.0 Å². The molecule has 3 N–H and O–H groups in total. The molecule has 1 rings (SSSR count). The van der Waals surface area contributed by atoms with E-state index in [9.17, 15) is 14.7 Å². The summed E-state index contributed by atoms with van der Waals surface area (Å²) in [7, 11) is 0. The molecule has 18 heavy (non-hydrogen) atoms. The lowest BCUT2D eigenvalue weighted by molar-refractivity contribution is 0.0692. The molecule has 7 heteroatoms. The zero-order valence-electron chi connectivity index (χ0n) is 10.8. The van der Waals surface area contributed by atoms with E-state index in [1.165, 1.54) is 11.8 Å². The third-order valence-electron chi connectivity index (χ3n) is 2.19. The molecule has 100 valence electrons. The average molecular weight is 271 g/mol. The maximum atomic E-state index is 12.0. The summed E-state index contributed by atoms with van der Waals surface area (Å²) < 4.78 is 0. The number of thioether (sulfide) groups is 1. The Balaban J connectivity index is 3.02. The maximum absolute atomic E-state index is 12.0. The first kappa shape index (κ1) is 14.7. The fraction of sp³-hybridized carbons (Fsp3) is 0.545. The molecule has 0 aliphatic carbocycles. The Labute approximate surface area is 109 Å². The van der Waals surface area contributed by atoms with E-state index in [-0.39, 0.29) is 12.5 Å². The van der Waals surface area contributed by atoms with Crippen LogP contribution in [0.5, 0.6) is 0 Å². The monoisotopic (exact) mass is 271 g/mol. The first-order valence-electron chi connectivity index (χ1n) is 5.40. The Morgan fingerprint density at radius 1 is 1.56 bits per heavy atom. The van der Waals surface area contributed by atoms with Crippen LogP contribution in [0.2, 0.25) is 0 Å². The van der Waals surface area contributed by atoms with Crippen LogP contribution in [0.15, 0.2) is 9.82 Å². The number of nitrogens with one attached hydrogen (secondary N) is 2. The minimum Gasteiger partial charge on any atom is -0.389 e. The quantitative estimate of drug-likeness (QED) is 0.541. The van der Waals surface area contributed by atoms with E-state index >= 15 is 0 Å². The van der Waals surface area contributed by atoms with Crippen LogP contribution in [0.4, 0.5) is 0 Å². The number of hydrogen-bond acceptors (Lipinski definition) is 5. The highest BCUT2D eigenvalue weighted by Gasteiger charge is 2.19. The Morgan fingerprint density at radius 3 is 2.67 bits per heavy atom. The summed E-state index contributed by atoms with van der Waals surface area (Å²) in [4.78, 5) is 29.5. The number of aromatic nitrogens is 2. The molecule has 1 heterocycles. The predicted octanol–water partition coefficient (Wildman–Crippen LogP) is 0.301. The smallest absolute Gasteiger partial charge is 0.346 e. The summed E-state index contributed by atoms with van der Waals surface area (Å²) in [5.74, 6) is -0.359. The zero-order chi connectivity index (χ0) is 13.9. The summed E-state index contributed by atoms with van der Waals surface area (Å²) in [5.41, 5.74) is -0.659. The number of hydrogen-bond donors (Lipinski definition) is 3. The van der Waals surface area contributed by atoms with Crippen molar-refractivity contribution < 1.29 is 9.90 Å². The Bertz CT molecular complexity index is 505. The first-order chi connectivity index (χ1) is 8.24. The lowest BCUT2D eigenvalue weighted by atomic mass is 10.1. The molecule has 0 unspecified atom stereocenters. The van der Waals surface area contributed by atoms with Crippen LogP contribution < -0.4 is 11.0 Å².